The first-order valence-electron chi connectivity index (χ1n) is 9.36. The quantitative estimate of drug-likeness (QED) is 0.412. The molecule has 0 bridgehead atoms. The molecule has 0 radical (unpaired) electrons. The van der Waals surface area contributed by atoms with Gasteiger partial charge in [-0.25, -0.2) is 0 Å². The Morgan fingerprint density at radius 2 is 1.72 bits per heavy atom. The van der Waals surface area contributed by atoms with Crippen LogP contribution in [0.3, 0.4) is 0 Å². The standard InChI is InChI=1S/C24H19N3O2/c25-24-21-13-20(23-7-4-12-28-23)19(14-22(21)26-27-24)17-8-10-18(11-9-17)29-15-16-5-2-1-3-6-16/h1-14H,15H2,(H3,25,26,27). The number of nitrogens with two attached hydrogens (primary N) is 1. The lowest BCUT2D eigenvalue weighted by Gasteiger charge is -2.11. The normalized spacial score (nSPS) is 11.0. The van der Waals surface area contributed by atoms with E-state index in [1.54, 1.807) is 6.26 Å². The molecule has 0 aliphatic heterocycles. The summed E-state index contributed by atoms with van der Waals surface area (Å²) in [5.74, 6) is 2.08. The fourth-order valence-electron chi connectivity index (χ4n) is 3.43. The summed E-state index contributed by atoms with van der Waals surface area (Å²) in [7, 11) is 0. The first kappa shape index (κ1) is 17.1. The molecule has 2 heterocycles. The summed E-state index contributed by atoms with van der Waals surface area (Å²) in [5, 5.41) is 7.99. The van der Waals surface area contributed by atoms with E-state index in [2.05, 4.69) is 28.4 Å². The molecule has 5 nitrogen and oxygen atoms in total. The summed E-state index contributed by atoms with van der Waals surface area (Å²) in [6.07, 6.45) is 1.67. The van der Waals surface area contributed by atoms with Crippen molar-refractivity contribution in [2.45, 2.75) is 6.61 Å². The molecule has 0 aliphatic rings. The van der Waals surface area contributed by atoms with Crippen molar-refractivity contribution in [3.8, 4) is 28.2 Å². The van der Waals surface area contributed by atoms with Crippen LogP contribution >= 0.6 is 0 Å². The Morgan fingerprint density at radius 1 is 0.897 bits per heavy atom. The number of rotatable bonds is 5. The maximum absolute atomic E-state index is 6.00. The molecule has 142 valence electrons. The Balaban J connectivity index is 1.49. The molecule has 0 atom stereocenters. The molecule has 5 rings (SSSR count). The summed E-state index contributed by atoms with van der Waals surface area (Å²) < 4.78 is 11.6. The highest BCUT2D eigenvalue weighted by molar-refractivity contribution is 5.98. The number of furan rings is 1. The van der Waals surface area contributed by atoms with E-state index in [1.807, 2.05) is 60.7 Å². The molecule has 0 saturated carbocycles. The van der Waals surface area contributed by atoms with Gasteiger partial charge in [-0.3, -0.25) is 5.10 Å². The van der Waals surface area contributed by atoms with Gasteiger partial charge in [-0.05, 0) is 53.1 Å². The molecule has 0 saturated heterocycles. The summed E-state index contributed by atoms with van der Waals surface area (Å²) in [6.45, 7) is 0.539. The van der Waals surface area contributed by atoms with Crippen LogP contribution in [0.5, 0.6) is 5.75 Å². The second-order valence-electron chi connectivity index (χ2n) is 6.83. The smallest absolute Gasteiger partial charge is 0.153 e. The zero-order valence-electron chi connectivity index (χ0n) is 15.6. The molecule has 0 amide bonds. The Hall–Kier alpha value is -3.99. The number of fused-ring (bicyclic) bond motifs is 1. The minimum atomic E-state index is 0.476. The van der Waals surface area contributed by atoms with E-state index in [1.165, 1.54) is 0 Å². The van der Waals surface area contributed by atoms with E-state index >= 15 is 0 Å². The lowest BCUT2D eigenvalue weighted by Crippen LogP contribution is -1.94. The van der Waals surface area contributed by atoms with Crippen molar-refractivity contribution in [1.29, 1.82) is 0 Å². The van der Waals surface area contributed by atoms with E-state index < -0.39 is 0 Å². The van der Waals surface area contributed by atoms with Crippen molar-refractivity contribution in [3.05, 3.63) is 90.7 Å². The van der Waals surface area contributed by atoms with Crippen LogP contribution in [-0.2, 0) is 6.61 Å². The van der Waals surface area contributed by atoms with Crippen LogP contribution in [0.4, 0.5) is 5.82 Å². The van der Waals surface area contributed by atoms with Crippen LogP contribution in [-0.4, -0.2) is 10.2 Å². The molecule has 0 spiro atoms. The number of nitrogens with one attached hydrogen (secondary N) is 1. The number of benzene rings is 3. The van der Waals surface area contributed by atoms with Crippen molar-refractivity contribution in [2.24, 2.45) is 0 Å². The van der Waals surface area contributed by atoms with Crippen LogP contribution in [0, 0.1) is 0 Å². The molecule has 5 heteroatoms. The van der Waals surface area contributed by atoms with Crippen molar-refractivity contribution in [3.63, 3.8) is 0 Å². The van der Waals surface area contributed by atoms with Gasteiger partial charge in [-0.15, -0.1) is 0 Å². The molecule has 0 unspecified atom stereocenters. The largest absolute Gasteiger partial charge is 0.489 e. The van der Waals surface area contributed by atoms with Gasteiger partial charge < -0.3 is 14.9 Å². The fourth-order valence-corrected chi connectivity index (χ4v) is 3.43. The van der Waals surface area contributed by atoms with Crippen LogP contribution < -0.4 is 10.5 Å². The zero-order valence-corrected chi connectivity index (χ0v) is 15.6. The minimum absolute atomic E-state index is 0.476. The molecule has 29 heavy (non-hydrogen) atoms. The SMILES string of the molecule is Nc1n[nH]c2cc(-c3ccc(OCc4ccccc4)cc3)c(-c3ccco3)cc12. The predicted octanol–water partition coefficient (Wildman–Crippen LogP) is 5.65. The number of H-pyrrole nitrogens is 1. The molecule has 3 aromatic carbocycles. The number of aromatic amines is 1. The summed E-state index contributed by atoms with van der Waals surface area (Å²) in [5.41, 5.74) is 11.1. The number of nitrogens with zero attached hydrogens (tertiary/aromatic N) is 1. The van der Waals surface area contributed by atoms with Gasteiger partial charge in [-0.1, -0.05) is 42.5 Å². The van der Waals surface area contributed by atoms with Crippen molar-refractivity contribution in [1.82, 2.24) is 10.2 Å². The Morgan fingerprint density at radius 3 is 2.48 bits per heavy atom. The van der Waals surface area contributed by atoms with E-state index in [-0.39, 0.29) is 0 Å². The molecule has 5 aromatic rings. The van der Waals surface area contributed by atoms with Gasteiger partial charge in [0, 0.05) is 10.9 Å². The Bertz CT molecular complexity index is 1240. The fraction of sp³-hybridized carbons (Fsp3) is 0.0417. The van der Waals surface area contributed by atoms with Gasteiger partial charge in [0.1, 0.15) is 18.1 Å². The van der Waals surface area contributed by atoms with E-state index in [4.69, 9.17) is 14.9 Å². The van der Waals surface area contributed by atoms with Gasteiger partial charge in [-0.2, -0.15) is 5.10 Å². The van der Waals surface area contributed by atoms with Gasteiger partial charge in [0.25, 0.3) is 0 Å². The van der Waals surface area contributed by atoms with E-state index in [9.17, 15) is 0 Å². The maximum Gasteiger partial charge on any atom is 0.153 e. The van der Waals surface area contributed by atoms with Crippen LogP contribution in [0.25, 0.3) is 33.4 Å². The molecular weight excluding hydrogens is 362 g/mol. The first-order chi connectivity index (χ1) is 14.3. The summed E-state index contributed by atoms with van der Waals surface area (Å²) in [4.78, 5) is 0. The lowest BCUT2D eigenvalue weighted by molar-refractivity contribution is 0.306. The van der Waals surface area contributed by atoms with Crippen molar-refractivity contribution >= 4 is 16.7 Å². The van der Waals surface area contributed by atoms with E-state index in [0.717, 1.165) is 44.7 Å². The second-order valence-corrected chi connectivity index (χ2v) is 6.83. The number of anilines is 1. The van der Waals surface area contributed by atoms with E-state index in [0.29, 0.717) is 12.4 Å². The monoisotopic (exact) mass is 381 g/mol. The average Bonchev–Trinajstić information content (AvgIpc) is 3.43. The number of aromatic nitrogens is 2. The first-order valence-corrected chi connectivity index (χ1v) is 9.36. The van der Waals surface area contributed by atoms with Crippen LogP contribution in [0.2, 0.25) is 0 Å². The summed E-state index contributed by atoms with van der Waals surface area (Å²) in [6, 6.07) is 26.1. The highest BCUT2D eigenvalue weighted by Crippen LogP contribution is 2.37. The van der Waals surface area contributed by atoms with Crippen molar-refractivity contribution < 1.29 is 9.15 Å². The number of nitrogen functional groups attached to an aromatic ring is 1. The van der Waals surface area contributed by atoms with Crippen LogP contribution in [0.15, 0.2) is 89.5 Å². The zero-order chi connectivity index (χ0) is 19.6. The number of hydrogen-bond donors (Lipinski definition) is 2. The molecule has 2 aromatic heterocycles. The average molecular weight is 381 g/mol. The van der Waals surface area contributed by atoms with Gasteiger partial charge in [0.2, 0.25) is 0 Å². The molecular formula is C24H19N3O2. The van der Waals surface area contributed by atoms with Crippen molar-refractivity contribution in [2.75, 3.05) is 5.73 Å². The Labute approximate surface area is 167 Å². The number of ether oxygens (including phenoxy) is 1. The third-order valence-corrected chi connectivity index (χ3v) is 4.93. The third-order valence-electron chi connectivity index (χ3n) is 4.93. The Kier molecular flexibility index (Phi) is 4.26. The van der Waals surface area contributed by atoms with Gasteiger partial charge in [0.05, 0.1) is 11.8 Å². The van der Waals surface area contributed by atoms with Gasteiger partial charge >= 0.3 is 0 Å². The highest BCUT2D eigenvalue weighted by Gasteiger charge is 2.14. The molecule has 0 aliphatic carbocycles. The minimum Gasteiger partial charge on any atom is -0.489 e. The third kappa shape index (κ3) is 3.34. The molecule has 3 N–H and O–H groups in total. The van der Waals surface area contributed by atoms with Crippen LogP contribution in [0.1, 0.15) is 5.56 Å². The number of hydrogen-bond acceptors (Lipinski definition) is 4. The maximum atomic E-state index is 6.00. The van der Waals surface area contributed by atoms with Gasteiger partial charge in [0.15, 0.2) is 5.82 Å². The topological polar surface area (TPSA) is 77.1 Å². The second kappa shape index (κ2) is 7.20. The predicted molar refractivity (Wildman–Crippen MR) is 114 cm³/mol. The highest BCUT2D eigenvalue weighted by atomic mass is 16.5. The lowest BCUT2D eigenvalue weighted by atomic mass is 9.96. The summed E-state index contributed by atoms with van der Waals surface area (Å²) >= 11 is 0. The molecule has 0 fully saturated rings.